The van der Waals surface area contributed by atoms with Gasteiger partial charge in [-0.25, -0.2) is 9.78 Å². The molecule has 0 radical (unpaired) electrons. The van der Waals surface area contributed by atoms with Gasteiger partial charge in [-0.05, 0) is 30.3 Å². The highest BCUT2D eigenvalue weighted by Gasteiger charge is 2.37. The van der Waals surface area contributed by atoms with E-state index in [1.54, 1.807) is 12.3 Å². The highest BCUT2D eigenvalue weighted by atomic mass is 28.4. The maximum Gasteiger partial charge on any atom is 0.413 e. The number of rotatable bonds is 4. The van der Waals surface area contributed by atoms with Crippen LogP contribution in [0.4, 0.5) is 4.79 Å². The zero-order chi connectivity index (χ0) is 15.4. The molecule has 0 saturated carbocycles. The van der Waals surface area contributed by atoms with Crippen molar-refractivity contribution in [2.75, 3.05) is 7.05 Å². The molecule has 20 heavy (non-hydrogen) atoms. The zero-order valence-corrected chi connectivity index (χ0v) is 14.1. The number of carbonyl (C=O) groups excluding carboxylic acids is 1. The predicted octanol–water partition coefficient (Wildman–Crippen LogP) is 3.32. The fourth-order valence-corrected chi connectivity index (χ4v) is 2.19. The molecule has 0 aliphatic carbocycles. The van der Waals surface area contributed by atoms with Crippen molar-refractivity contribution >= 4 is 14.4 Å². The molecule has 0 atom stereocenters. The molecule has 1 amide bonds. The van der Waals surface area contributed by atoms with Gasteiger partial charge in [0, 0.05) is 18.8 Å². The largest absolute Gasteiger partial charge is 0.413 e. The van der Waals surface area contributed by atoms with Gasteiger partial charge in [0.1, 0.15) is 0 Å². The highest BCUT2D eigenvalue weighted by molar-refractivity contribution is 6.74. The summed E-state index contributed by atoms with van der Waals surface area (Å²) in [5.74, 6) is 0.297. The standard InChI is InChI=1S/C14H24N2O3Si/c1-14(2,3)20(5,6)18-10-11-8-7-9-16-12(11)19-13(17)15-4/h7-9H,10H2,1-6H3,(H,15,17). The average Bonchev–Trinajstić information content (AvgIpc) is 2.36. The monoisotopic (exact) mass is 296 g/mol. The number of pyridine rings is 1. The van der Waals surface area contributed by atoms with Crippen LogP contribution < -0.4 is 10.1 Å². The molecular formula is C14H24N2O3Si. The van der Waals surface area contributed by atoms with Crippen molar-refractivity contribution in [3.05, 3.63) is 23.9 Å². The number of aromatic nitrogens is 1. The number of hydrogen-bond acceptors (Lipinski definition) is 4. The third kappa shape index (κ3) is 4.31. The van der Waals surface area contributed by atoms with Crippen molar-refractivity contribution in [3.63, 3.8) is 0 Å². The predicted molar refractivity (Wildman–Crippen MR) is 81.3 cm³/mol. The number of hydrogen-bond donors (Lipinski definition) is 1. The minimum atomic E-state index is -1.84. The van der Waals surface area contributed by atoms with Gasteiger partial charge in [0.15, 0.2) is 8.32 Å². The quantitative estimate of drug-likeness (QED) is 0.866. The second kappa shape index (κ2) is 6.36. The van der Waals surface area contributed by atoms with E-state index in [1.807, 2.05) is 6.07 Å². The first-order chi connectivity index (χ1) is 9.17. The third-order valence-electron chi connectivity index (χ3n) is 3.64. The molecule has 1 rings (SSSR count). The van der Waals surface area contributed by atoms with Crippen LogP contribution in [-0.4, -0.2) is 26.4 Å². The maximum absolute atomic E-state index is 11.3. The molecule has 0 saturated heterocycles. The van der Waals surface area contributed by atoms with Crippen LogP contribution >= 0.6 is 0 Å². The van der Waals surface area contributed by atoms with Gasteiger partial charge in [0.25, 0.3) is 0 Å². The summed E-state index contributed by atoms with van der Waals surface area (Å²) in [5.41, 5.74) is 0.779. The Kier molecular flexibility index (Phi) is 5.30. The molecular weight excluding hydrogens is 272 g/mol. The Morgan fingerprint density at radius 2 is 2.05 bits per heavy atom. The molecule has 1 N–H and O–H groups in total. The minimum Gasteiger partial charge on any atom is -0.412 e. The molecule has 5 nitrogen and oxygen atoms in total. The van der Waals surface area contributed by atoms with E-state index in [9.17, 15) is 4.79 Å². The van der Waals surface area contributed by atoms with Crippen LogP contribution in [0.15, 0.2) is 18.3 Å². The number of ether oxygens (including phenoxy) is 1. The summed E-state index contributed by atoms with van der Waals surface area (Å²) in [6.45, 7) is 11.3. The smallest absolute Gasteiger partial charge is 0.412 e. The number of carbonyl (C=O) groups is 1. The van der Waals surface area contributed by atoms with Crippen molar-refractivity contribution in [2.45, 2.75) is 45.5 Å². The van der Waals surface area contributed by atoms with Gasteiger partial charge < -0.3 is 14.5 Å². The summed E-state index contributed by atoms with van der Waals surface area (Å²) in [7, 11) is -0.332. The Balaban J connectivity index is 2.81. The van der Waals surface area contributed by atoms with Crippen molar-refractivity contribution < 1.29 is 14.0 Å². The van der Waals surface area contributed by atoms with E-state index in [2.05, 4.69) is 44.2 Å². The van der Waals surface area contributed by atoms with Gasteiger partial charge in [0.2, 0.25) is 5.88 Å². The van der Waals surface area contributed by atoms with E-state index in [-0.39, 0.29) is 5.04 Å². The summed E-state index contributed by atoms with van der Waals surface area (Å²) in [4.78, 5) is 15.4. The molecule has 0 spiro atoms. The van der Waals surface area contributed by atoms with E-state index in [4.69, 9.17) is 9.16 Å². The molecule has 0 fully saturated rings. The van der Waals surface area contributed by atoms with Crippen LogP contribution in [0.1, 0.15) is 26.3 Å². The Morgan fingerprint density at radius 3 is 2.60 bits per heavy atom. The molecule has 1 aromatic rings. The second-order valence-electron chi connectivity index (χ2n) is 6.16. The fourth-order valence-electron chi connectivity index (χ4n) is 1.24. The van der Waals surface area contributed by atoms with Gasteiger partial charge in [-0.3, -0.25) is 0 Å². The van der Waals surface area contributed by atoms with E-state index >= 15 is 0 Å². The molecule has 1 heterocycles. The lowest BCUT2D eigenvalue weighted by Crippen LogP contribution is -2.40. The first-order valence-corrected chi connectivity index (χ1v) is 9.55. The Labute approximate surface area is 121 Å². The van der Waals surface area contributed by atoms with Gasteiger partial charge in [-0.15, -0.1) is 0 Å². The van der Waals surface area contributed by atoms with Crippen LogP contribution in [0, 0.1) is 0 Å². The lowest BCUT2D eigenvalue weighted by Gasteiger charge is -2.36. The summed E-state index contributed by atoms with van der Waals surface area (Å²) in [6, 6.07) is 3.67. The molecule has 6 heteroatoms. The van der Waals surface area contributed by atoms with E-state index in [0.717, 1.165) is 5.56 Å². The summed E-state index contributed by atoms with van der Waals surface area (Å²) >= 11 is 0. The van der Waals surface area contributed by atoms with Crippen molar-refractivity contribution in [1.82, 2.24) is 10.3 Å². The molecule has 0 unspecified atom stereocenters. The van der Waals surface area contributed by atoms with Crippen LogP contribution in [0.25, 0.3) is 0 Å². The van der Waals surface area contributed by atoms with Crippen molar-refractivity contribution in [1.29, 1.82) is 0 Å². The first-order valence-electron chi connectivity index (χ1n) is 6.65. The van der Waals surface area contributed by atoms with Crippen molar-refractivity contribution in [2.24, 2.45) is 0 Å². The second-order valence-corrected chi connectivity index (χ2v) is 11.0. The minimum absolute atomic E-state index is 0.136. The van der Waals surface area contributed by atoms with Gasteiger partial charge in [-0.1, -0.05) is 20.8 Å². The zero-order valence-electron chi connectivity index (χ0n) is 13.1. The highest BCUT2D eigenvalue weighted by Crippen LogP contribution is 2.37. The Hall–Kier alpha value is -1.40. The van der Waals surface area contributed by atoms with E-state index < -0.39 is 14.4 Å². The number of nitrogens with one attached hydrogen (secondary N) is 1. The van der Waals surface area contributed by atoms with Crippen molar-refractivity contribution in [3.8, 4) is 5.88 Å². The SMILES string of the molecule is CNC(=O)Oc1ncccc1CO[Si](C)(C)C(C)(C)C. The fraction of sp³-hybridized carbons (Fsp3) is 0.571. The molecule has 112 valence electrons. The van der Waals surface area contributed by atoms with Crippen LogP contribution in [-0.2, 0) is 11.0 Å². The molecule has 1 aromatic heterocycles. The molecule has 0 aromatic carbocycles. The lowest BCUT2D eigenvalue weighted by atomic mass is 10.2. The summed E-state index contributed by atoms with van der Waals surface area (Å²) < 4.78 is 11.2. The van der Waals surface area contributed by atoms with Crippen LogP contribution in [0.2, 0.25) is 18.1 Å². The van der Waals surface area contributed by atoms with E-state index in [1.165, 1.54) is 7.05 Å². The van der Waals surface area contributed by atoms with Crippen LogP contribution in [0.3, 0.4) is 0 Å². The first kappa shape index (κ1) is 16.7. The van der Waals surface area contributed by atoms with E-state index in [0.29, 0.717) is 12.5 Å². The van der Waals surface area contributed by atoms with Gasteiger partial charge in [0.05, 0.1) is 6.61 Å². The molecule has 0 aliphatic heterocycles. The summed E-state index contributed by atoms with van der Waals surface area (Å²) in [5, 5.41) is 2.54. The number of nitrogens with zero attached hydrogens (tertiary/aromatic N) is 1. The Bertz CT molecular complexity index is 470. The maximum atomic E-state index is 11.3. The lowest BCUT2D eigenvalue weighted by molar-refractivity contribution is 0.198. The topological polar surface area (TPSA) is 60.5 Å². The van der Waals surface area contributed by atoms with Crippen LogP contribution in [0.5, 0.6) is 5.88 Å². The number of amides is 1. The van der Waals surface area contributed by atoms with Gasteiger partial charge in [-0.2, -0.15) is 0 Å². The third-order valence-corrected chi connectivity index (χ3v) is 8.12. The van der Waals surface area contributed by atoms with Gasteiger partial charge >= 0.3 is 6.09 Å². The normalized spacial score (nSPS) is 12.1. The molecule has 0 bridgehead atoms. The summed E-state index contributed by atoms with van der Waals surface area (Å²) in [6.07, 6.45) is 1.06. The molecule has 0 aliphatic rings. The Morgan fingerprint density at radius 1 is 1.40 bits per heavy atom. The average molecular weight is 296 g/mol.